The number of para-hydroxylation sites is 1. The smallest absolute Gasteiger partial charge is 0.130 e. The third-order valence-electron chi connectivity index (χ3n) is 2.91. The molecular formula is C15H17BrN2. The van der Waals surface area contributed by atoms with Crippen LogP contribution >= 0.6 is 15.9 Å². The summed E-state index contributed by atoms with van der Waals surface area (Å²) < 4.78 is 0.988. The first-order valence-electron chi connectivity index (χ1n) is 6.06. The van der Waals surface area contributed by atoms with Crippen molar-refractivity contribution < 1.29 is 0 Å². The number of benzene rings is 1. The summed E-state index contributed by atoms with van der Waals surface area (Å²) >= 11 is 3.39. The van der Waals surface area contributed by atoms with Crippen molar-refractivity contribution in [3.05, 3.63) is 52.1 Å². The van der Waals surface area contributed by atoms with Crippen molar-refractivity contribution in [3.8, 4) is 0 Å². The minimum Gasteiger partial charge on any atom is -0.340 e. The Balaban J connectivity index is 2.36. The molecule has 0 aliphatic heterocycles. The highest BCUT2D eigenvalue weighted by Crippen LogP contribution is 2.29. The Morgan fingerprint density at radius 1 is 1.17 bits per heavy atom. The fourth-order valence-corrected chi connectivity index (χ4v) is 2.15. The van der Waals surface area contributed by atoms with Crippen LogP contribution in [0.15, 0.2) is 41.0 Å². The lowest BCUT2D eigenvalue weighted by molar-refractivity contribution is 0.867. The van der Waals surface area contributed by atoms with Gasteiger partial charge in [-0.1, -0.05) is 32.0 Å². The van der Waals surface area contributed by atoms with Crippen LogP contribution in [-0.2, 0) is 0 Å². The van der Waals surface area contributed by atoms with Crippen LogP contribution in [-0.4, -0.2) is 4.98 Å². The largest absolute Gasteiger partial charge is 0.340 e. The number of anilines is 2. The van der Waals surface area contributed by atoms with Gasteiger partial charge in [0.1, 0.15) is 5.82 Å². The van der Waals surface area contributed by atoms with Crippen molar-refractivity contribution in [1.82, 2.24) is 4.98 Å². The van der Waals surface area contributed by atoms with E-state index in [-0.39, 0.29) is 0 Å². The van der Waals surface area contributed by atoms with Gasteiger partial charge in [0.2, 0.25) is 0 Å². The molecule has 0 spiro atoms. The normalized spacial score (nSPS) is 10.7. The van der Waals surface area contributed by atoms with E-state index in [4.69, 9.17) is 0 Å². The van der Waals surface area contributed by atoms with Gasteiger partial charge in [-0.15, -0.1) is 0 Å². The molecule has 1 heterocycles. The van der Waals surface area contributed by atoms with E-state index in [1.54, 1.807) is 6.20 Å². The molecule has 0 unspecified atom stereocenters. The molecule has 0 saturated carbocycles. The van der Waals surface area contributed by atoms with E-state index in [1.165, 1.54) is 16.8 Å². The molecule has 0 fully saturated rings. The summed E-state index contributed by atoms with van der Waals surface area (Å²) in [6.07, 6.45) is 1.80. The number of rotatable bonds is 3. The number of aromatic nitrogens is 1. The molecule has 1 N–H and O–H groups in total. The lowest BCUT2D eigenvalue weighted by Crippen LogP contribution is -2.01. The molecule has 2 rings (SSSR count). The van der Waals surface area contributed by atoms with E-state index >= 15 is 0 Å². The van der Waals surface area contributed by atoms with Crippen LogP contribution in [0.25, 0.3) is 0 Å². The first kappa shape index (κ1) is 13.1. The molecule has 0 bridgehead atoms. The van der Waals surface area contributed by atoms with Gasteiger partial charge in [-0.25, -0.2) is 4.98 Å². The van der Waals surface area contributed by atoms with Crippen molar-refractivity contribution in [2.24, 2.45) is 0 Å². The molecule has 0 atom stereocenters. The van der Waals surface area contributed by atoms with Gasteiger partial charge >= 0.3 is 0 Å². The van der Waals surface area contributed by atoms with E-state index in [9.17, 15) is 0 Å². The van der Waals surface area contributed by atoms with Crippen LogP contribution in [0, 0.1) is 6.92 Å². The minimum atomic E-state index is 0.489. The predicted octanol–water partition coefficient (Wildman–Crippen LogP) is 5.02. The monoisotopic (exact) mass is 304 g/mol. The molecular weight excluding hydrogens is 288 g/mol. The zero-order chi connectivity index (χ0) is 13.1. The summed E-state index contributed by atoms with van der Waals surface area (Å²) in [4.78, 5) is 4.36. The first-order valence-corrected chi connectivity index (χ1v) is 6.85. The van der Waals surface area contributed by atoms with Crippen LogP contribution in [0.3, 0.4) is 0 Å². The van der Waals surface area contributed by atoms with Crippen molar-refractivity contribution in [1.29, 1.82) is 0 Å². The maximum atomic E-state index is 4.36. The summed E-state index contributed by atoms with van der Waals surface area (Å²) in [5.41, 5.74) is 3.73. The molecule has 94 valence electrons. The topological polar surface area (TPSA) is 24.9 Å². The highest BCUT2D eigenvalue weighted by molar-refractivity contribution is 9.10. The van der Waals surface area contributed by atoms with Crippen molar-refractivity contribution >= 4 is 27.4 Å². The van der Waals surface area contributed by atoms with Crippen LogP contribution in [0.5, 0.6) is 0 Å². The van der Waals surface area contributed by atoms with Crippen LogP contribution < -0.4 is 5.32 Å². The molecule has 0 aliphatic carbocycles. The number of aryl methyl sites for hydroxylation is 1. The average Bonchev–Trinajstić information content (AvgIpc) is 2.34. The van der Waals surface area contributed by atoms with Crippen molar-refractivity contribution in [2.45, 2.75) is 26.7 Å². The van der Waals surface area contributed by atoms with E-state index in [0.29, 0.717) is 5.92 Å². The van der Waals surface area contributed by atoms with Gasteiger partial charge in [-0.2, -0.15) is 0 Å². The molecule has 3 heteroatoms. The lowest BCUT2D eigenvalue weighted by atomic mass is 9.98. The molecule has 18 heavy (non-hydrogen) atoms. The molecule has 1 aromatic carbocycles. The van der Waals surface area contributed by atoms with Crippen molar-refractivity contribution in [3.63, 3.8) is 0 Å². The third-order valence-corrected chi connectivity index (χ3v) is 3.38. The zero-order valence-corrected chi connectivity index (χ0v) is 12.5. The second kappa shape index (κ2) is 5.53. The number of hydrogen-bond donors (Lipinski definition) is 1. The summed E-state index contributed by atoms with van der Waals surface area (Å²) in [6, 6.07) is 10.3. The summed E-state index contributed by atoms with van der Waals surface area (Å²) in [6.45, 7) is 6.52. The second-order valence-corrected chi connectivity index (χ2v) is 5.60. The summed E-state index contributed by atoms with van der Waals surface area (Å²) in [5, 5.41) is 3.42. The Labute approximate surface area is 117 Å². The van der Waals surface area contributed by atoms with Gasteiger partial charge in [0, 0.05) is 16.4 Å². The van der Waals surface area contributed by atoms with Gasteiger partial charge < -0.3 is 5.32 Å². The lowest BCUT2D eigenvalue weighted by Gasteiger charge is -2.16. The average molecular weight is 305 g/mol. The SMILES string of the molecule is Cc1cccc(C(C)C)c1Nc1ccc(Br)cn1. The van der Waals surface area contributed by atoms with Crippen LogP contribution in [0.2, 0.25) is 0 Å². The van der Waals surface area contributed by atoms with Gasteiger partial charge in [-0.3, -0.25) is 0 Å². The highest BCUT2D eigenvalue weighted by atomic mass is 79.9. The predicted molar refractivity (Wildman–Crippen MR) is 80.5 cm³/mol. The molecule has 2 nitrogen and oxygen atoms in total. The molecule has 0 aliphatic rings. The molecule has 0 radical (unpaired) electrons. The molecule has 1 aromatic heterocycles. The zero-order valence-electron chi connectivity index (χ0n) is 10.9. The number of nitrogens with zero attached hydrogens (tertiary/aromatic N) is 1. The number of halogens is 1. The van der Waals surface area contributed by atoms with Gasteiger partial charge in [0.25, 0.3) is 0 Å². The summed E-state index contributed by atoms with van der Waals surface area (Å²) in [5.74, 6) is 1.36. The maximum Gasteiger partial charge on any atom is 0.130 e. The van der Waals surface area contributed by atoms with Crippen LogP contribution in [0.4, 0.5) is 11.5 Å². The quantitative estimate of drug-likeness (QED) is 0.861. The highest BCUT2D eigenvalue weighted by Gasteiger charge is 2.09. The standard InChI is InChI=1S/C15H17BrN2/c1-10(2)13-6-4-5-11(3)15(13)18-14-8-7-12(16)9-17-14/h4-10H,1-3H3,(H,17,18). The van der Waals surface area contributed by atoms with Gasteiger partial charge in [-0.05, 0) is 52.0 Å². The summed E-state index contributed by atoms with van der Waals surface area (Å²) in [7, 11) is 0. The van der Waals surface area contributed by atoms with Gasteiger partial charge in [0.15, 0.2) is 0 Å². The van der Waals surface area contributed by atoms with E-state index in [1.807, 2.05) is 12.1 Å². The molecule has 0 amide bonds. The van der Waals surface area contributed by atoms with Crippen LogP contribution in [0.1, 0.15) is 30.9 Å². The fraction of sp³-hybridized carbons (Fsp3) is 0.267. The number of hydrogen-bond acceptors (Lipinski definition) is 2. The third kappa shape index (κ3) is 2.91. The second-order valence-electron chi connectivity index (χ2n) is 4.68. The molecule has 2 aromatic rings. The van der Waals surface area contributed by atoms with E-state index < -0.39 is 0 Å². The number of pyridine rings is 1. The Hall–Kier alpha value is -1.35. The Morgan fingerprint density at radius 2 is 1.94 bits per heavy atom. The molecule has 0 saturated heterocycles. The Bertz CT molecular complexity index is 533. The Morgan fingerprint density at radius 3 is 2.56 bits per heavy atom. The Kier molecular flexibility index (Phi) is 4.02. The van der Waals surface area contributed by atoms with E-state index in [2.05, 4.69) is 65.2 Å². The van der Waals surface area contributed by atoms with E-state index in [0.717, 1.165) is 10.3 Å². The first-order chi connectivity index (χ1) is 8.58. The minimum absolute atomic E-state index is 0.489. The number of nitrogens with one attached hydrogen (secondary N) is 1. The maximum absolute atomic E-state index is 4.36. The van der Waals surface area contributed by atoms with Crippen molar-refractivity contribution in [2.75, 3.05) is 5.32 Å². The fourth-order valence-electron chi connectivity index (χ4n) is 1.92. The van der Waals surface area contributed by atoms with Gasteiger partial charge in [0.05, 0.1) is 0 Å².